The maximum atomic E-state index is 14.0. The Labute approximate surface area is 217 Å². The van der Waals surface area contributed by atoms with Crippen molar-refractivity contribution in [3.05, 3.63) is 88.6 Å². The molecule has 4 rings (SSSR count). The van der Waals surface area contributed by atoms with Gasteiger partial charge in [0.1, 0.15) is 10.9 Å². The molecule has 0 aliphatic carbocycles. The molecule has 11 heteroatoms. The van der Waals surface area contributed by atoms with E-state index in [-0.39, 0.29) is 29.3 Å². The van der Waals surface area contributed by atoms with Crippen molar-refractivity contribution in [2.45, 2.75) is 12.6 Å². The van der Waals surface area contributed by atoms with Crippen molar-refractivity contribution < 1.29 is 19.1 Å². The van der Waals surface area contributed by atoms with Crippen LogP contribution in [0.25, 0.3) is 10.9 Å². The number of nitrogens with zero attached hydrogens (tertiary/aromatic N) is 3. The van der Waals surface area contributed by atoms with Gasteiger partial charge in [-0.15, -0.1) is 0 Å². The first-order valence-corrected chi connectivity index (χ1v) is 12.2. The normalized spacial score (nSPS) is 11.7. The fourth-order valence-corrected chi connectivity index (χ4v) is 4.69. The van der Waals surface area contributed by atoms with Gasteiger partial charge in [0, 0.05) is 31.8 Å². The average molecular weight is 519 g/mol. The summed E-state index contributed by atoms with van der Waals surface area (Å²) in [5.41, 5.74) is 13.3. The molecular formula is C26H26N6O4S. The quantitative estimate of drug-likeness (QED) is 0.273. The van der Waals surface area contributed by atoms with Crippen LogP contribution in [-0.2, 0) is 16.1 Å². The Kier molecular flexibility index (Phi) is 8.06. The number of hydrogen-bond acceptors (Lipinski definition) is 8. The number of anilines is 1. The summed E-state index contributed by atoms with van der Waals surface area (Å²) in [5.74, 6) is -1.79. The molecule has 0 saturated heterocycles. The molecular weight excluding hydrogens is 492 g/mol. The molecule has 10 nitrogen and oxygen atoms in total. The third kappa shape index (κ3) is 5.74. The van der Waals surface area contributed by atoms with Gasteiger partial charge in [0.05, 0.1) is 17.8 Å². The molecule has 2 aromatic carbocycles. The van der Waals surface area contributed by atoms with E-state index in [1.54, 1.807) is 24.4 Å². The maximum Gasteiger partial charge on any atom is 0.270 e. The molecule has 2 aromatic heterocycles. The second-order valence-electron chi connectivity index (χ2n) is 8.20. The van der Waals surface area contributed by atoms with Gasteiger partial charge in [-0.2, -0.15) is 4.37 Å². The Bertz CT molecular complexity index is 1430. The number of ether oxygens (including phenoxy) is 1. The van der Waals surface area contributed by atoms with Crippen molar-refractivity contribution in [1.29, 1.82) is 0 Å². The Morgan fingerprint density at radius 2 is 1.89 bits per heavy atom. The number of methoxy groups -OCH3 is 1. The van der Waals surface area contributed by atoms with Crippen LogP contribution in [0.2, 0.25) is 0 Å². The third-order valence-electron chi connectivity index (χ3n) is 5.72. The van der Waals surface area contributed by atoms with Gasteiger partial charge in [-0.25, -0.2) is 0 Å². The van der Waals surface area contributed by atoms with Crippen LogP contribution in [-0.4, -0.2) is 52.2 Å². The highest BCUT2D eigenvalue weighted by Crippen LogP contribution is 2.31. The van der Waals surface area contributed by atoms with E-state index >= 15 is 0 Å². The first-order chi connectivity index (χ1) is 17.9. The molecule has 0 aliphatic heterocycles. The van der Waals surface area contributed by atoms with Gasteiger partial charge >= 0.3 is 0 Å². The first-order valence-electron chi connectivity index (χ1n) is 11.4. The van der Waals surface area contributed by atoms with E-state index < -0.39 is 23.8 Å². The minimum absolute atomic E-state index is 0.0295. The van der Waals surface area contributed by atoms with Gasteiger partial charge in [0.25, 0.3) is 11.8 Å². The minimum Gasteiger partial charge on any atom is -0.395 e. The average Bonchev–Trinajstić information content (AvgIpc) is 3.30. The van der Waals surface area contributed by atoms with Crippen molar-refractivity contribution in [2.24, 2.45) is 5.73 Å². The summed E-state index contributed by atoms with van der Waals surface area (Å²) in [7, 11) is 1.54. The monoisotopic (exact) mass is 518 g/mol. The molecule has 0 unspecified atom stereocenters. The van der Waals surface area contributed by atoms with E-state index in [0.29, 0.717) is 12.2 Å². The largest absolute Gasteiger partial charge is 0.395 e. The van der Waals surface area contributed by atoms with Crippen LogP contribution >= 0.6 is 11.5 Å². The zero-order valence-electron chi connectivity index (χ0n) is 20.1. The second kappa shape index (κ2) is 11.6. The van der Waals surface area contributed by atoms with Crippen LogP contribution in [0.15, 0.2) is 66.9 Å². The number of carbonyl (C=O) groups is 3. The molecule has 190 valence electrons. The molecule has 37 heavy (non-hydrogen) atoms. The fraction of sp³-hybridized carbons (Fsp3) is 0.192. The number of aromatic nitrogens is 2. The summed E-state index contributed by atoms with van der Waals surface area (Å²) in [5, 5.41) is 3.66. The highest BCUT2D eigenvalue weighted by Gasteiger charge is 2.35. The third-order valence-corrected chi connectivity index (χ3v) is 6.57. The van der Waals surface area contributed by atoms with Crippen molar-refractivity contribution in [2.75, 3.05) is 26.0 Å². The van der Waals surface area contributed by atoms with E-state index in [2.05, 4.69) is 14.7 Å². The zero-order valence-corrected chi connectivity index (χ0v) is 20.9. The molecule has 3 amide bonds. The number of nitrogen functional groups attached to an aromatic ring is 1. The summed E-state index contributed by atoms with van der Waals surface area (Å²) >= 11 is 0.771. The lowest BCUT2D eigenvalue weighted by Gasteiger charge is -2.31. The first kappa shape index (κ1) is 25.7. The Morgan fingerprint density at radius 3 is 2.59 bits per heavy atom. The van der Waals surface area contributed by atoms with Crippen LogP contribution in [0.3, 0.4) is 0 Å². The summed E-state index contributed by atoms with van der Waals surface area (Å²) in [6.45, 7) is 0.649. The van der Waals surface area contributed by atoms with E-state index in [1.807, 2.05) is 42.5 Å². The predicted molar refractivity (Wildman–Crippen MR) is 141 cm³/mol. The lowest BCUT2D eigenvalue weighted by atomic mass is 10.00. The molecule has 2 heterocycles. The second-order valence-corrected chi connectivity index (χ2v) is 8.97. The number of pyridine rings is 1. The van der Waals surface area contributed by atoms with Crippen LogP contribution < -0.4 is 16.8 Å². The Hall–Kier alpha value is -4.35. The van der Waals surface area contributed by atoms with Crippen molar-refractivity contribution in [1.82, 2.24) is 19.6 Å². The topological polar surface area (TPSA) is 154 Å². The molecule has 4 aromatic rings. The standard InChI is InChI=1S/C26H26N6O4S/c1-36-13-12-30-25(34)22(18-9-10-19-17(14-18)8-5-11-29-19)32(15-16-6-3-2-4-7-16)26(35)23-20(27)21(24(28)33)31-37-23/h2-11,14,22H,12-13,15,27H2,1H3,(H2,28,33)(H,30,34)/t22-/m0/s1. The SMILES string of the molecule is COCCNC(=O)[C@H](c1ccc2ncccc2c1)N(Cc1ccccc1)C(=O)c1snc(C(N)=O)c1N. The van der Waals surface area contributed by atoms with Gasteiger partial charge in [-0.1, -0.05) is 42.5 Å². The molecule has 0 bridgehead atoms. The van der Waals surface area contributed by atoms with Crippen molar-refractivity contribution in [3.63, 3.8) is 0 Å². The molecule has 0 saturated carbocycles. The number of carbonyl (C=O) groups excluding carboxylic acids is 3. The lowest BCUT2D eigenvalue weighted by Crippen LogP contribution is -2.44. The molecule has 0 radical (unpaired) electrons. The van der Waals surface area contributed by atoms with Crippen LogP contribution in [0, 0.1) is 0 Å². The molecule has 0 aliphatic rings. The van der Waals surface area contributed by atoms with Crippen LogP contribution in [0.4, 0.5) is 5.69 Å². The van der Waals surface area contributed by atoms with E-state index in [4.69, 9.17) is 16.2 Å². The summed E-state index contributed by atoms with van der Waals surface area (Å²) in [4.78, 5) is 45.1. The minimum atomic E-state index is -1.03. The van der Waals surface area contributed by atoms with Crippen LogP contribution in [0.1, 0.15) is 37.3 Å². The molecule has 0 spiro atoms. The van der Waals surface area contributed by atoms with Crippen molar-refractivity contribution in [3.8, 4) is 0 Å². The number of rotatable bonds is 10. The van der Waals surface area contributed by atoms with Crippen molar-refractivity contribution >= 4 is 45.8 Å². The van der Waals surface area contributed by atoms with Gasteiger partial charge in [-0.05, 0) is 40.9 Å². The van der Waals surface area contributed by atoms with Gasteiger partial charge in [-0.3, -0.25) is 19.4 Å². The zero-order chi connectivity index (χ0) is 26.4. The smallest absolute Gasteiger partial charge is 0.270 e. The molecule has 5 N–H and O–H groups in total. The lowest BCUT2D eigenvalue weighted by molar-refractivity contribution is -0.126. The number of fused-ring (bicyclic) bond motifs is 1. The number of nitrogens with two attached hydrogens (primary N) is 2. The van der Waals surface area contributed by atoms with E-state index in [0.717, 1.165) is 28.0 Å². The summed E-state index contributed by atoms with van der Waals surface area (Å²) < 4.78 is 9.05. The van der Waals surface area contributed by atoms with Gasteiger partial charge < -0.3 is 26.4 Å². The number of benzene rings is 2. The highest BCUT2D eigenvalue weighted by molar-refractivity contribution is 7.09. The van der Waals surface area contributed by atoms with Gasteiger partial charge in [0.15, 0.2) is 5.69 Å². The fourth-order valence-electron chi connectivity index (χ4n) is 3.93. The molecule has 1 atom stereocenters. The predicted octanol–water partition coefficient (Wildman–Crippen LogP) is 2.52. The number of hydrogen-bond donors (Lipinski definition) is 3. The Morgan fingerprint density at radius 1 is 1.11 bits per heavy atom. The number of amides is 3. The summed E-state index contributed by atoms with van der Waals surface area (Å²) in [6.07, 6.45) is 1.69. The Balaban J connectivity index is 1.83. The summed E-state index contributed by atoms with van der Waals surface area (Å²) in [6, 6.07) is 17.3. The number of nitrogens with one attached hydrogen (secondary N) is 1. The van der Waals surface area contributed by atoms with E-state index in [1.165, 1.54) is 12.0 Å². The molecule has 0 fully saturated rings. The number of primary amides is 1. The highest BCUT2D eigenvalue weighted by atomic mass is 32.1. The maximum absolute atomic E-state index is 14.0. The van der Waals surface area contributed by atoms with E-state index in [9.17, 15) is 14.4 Å². The van der Waals surface area contributed by atoms with Gasteiger partial charge in [0.2, 0.25) is 5.91 Å². The van der Waals surface area contributed by atoms with Crippen LogP contribution in [0.5, 0.6) is 0 Å².